The van der Waals surface area contributed by atoms with Crippen LogP contribution in [0.3, 0.4) is 0 Å². The molecule has 3 rings (SSSR count). The third kappa shape index (κ3) is 7.82. The van der Waals surface area contributed by atoms with Crippen LogP contribution in [-0.4, -0.2) is 77.5 Å². The van der Waals surface area contributed by atoms with Gasteiger partial charge in [0.2, 0.25) is 17.7 Å². The van der Waals surface area contributed by atoms with Crippen molar-refractivity contribution < 1.29 is 28.3 Å². The van der Waals surface area contributed by atoms with Crippen LogP contribution in [-0.2, 0) is 33.8 Å². The number of amides is 3. The molecular formula is C28H36F2N4O4. The van der Waals surface area contributed by atoms with E-state index in [2.05, 4.69) is 23.6 Å². The first-order valence-electron chi connectivity index (χ1n) is 12.9. The lowest BCUT2D eigenvalue weighted by Crippen LogP contribution is -2.60. The Kier molecular flexibility index (Phi) is 10.3. The lowest BCUT2D eigenvalue weighted by atomic mass is 10.00. The third-order valence-corrected chi connectivity index (χ3v) is 6.78. The molecule has 1 saturated heterocycles. The van der Waals surface area contributed by atoms with Crippen molar-refractivity contribution in [1.82, 2.24) is 20.4 Å². The van der Waals surface area contributed by atoms with Gasteiger partial charge in [-0.15, -0.1) is 0 Å². The molecule has 206 valence electrons. The summed E-state index contributed by atoms with van der Waals surface area (Å²) in [7, 11) is 1.56. The predicted molar refractivity (Wildman–Crippen MR) is 139 cm³/mol. The van der Waals surface area contributed by atoms with E-state index >= 15 is 0 Å². The maximum absolute atomic E-state index is 13.8. The van der Waals surface area contributed by atoms with Gasteiger partial charge in [0.05, 0.1) is 12.1 Å². The molecule has 2 aromatic carbocycles. The molecule has 3 amide bonds. The van der Waals surface area contributed by atoms with Gasteiger partial charge in [0.1, 0.15) is 30.8 Å². The molecule has 0 bridgehead atoms. The minimum absolute atomic E-state index is 0.0399. The summed E-state index contributed by atoms with van der Waals surface area (Å²) in [6.07, 6.45) is 0.169. The number of benzene rings is 2. The Morgan fingerprint density at radius 3 is 2.42 bits per heavy atom. The van der Waals surface area contributed by atoms with Crippen molar-refractivity contribution in [3.63, 3.8) is 0 Å². The van der Waals surface area contributed by atoms with Gasteiger partial charge in [0.25, 0.3) is 0 Å². The van der Waals surface area contributed by atoms with Crippen LogP contribution in [0, 0.1) is 11.6 Å². The highest BCUT2D eigenvalue weighted by Crippen LogP contribution is 2.15. The molecule has 1 fully saturated rings. The number of hydrogen-bond donors (Lipinski definition) is 3. The van der Waals surface area contributed by atoms with Gasteiger partial charge >= 0.3 is 0 Å². The molecule has 0 unspecified atom stereocenters. The number of carbonyl (C=O) groups excluding carboxylic acids is 3. The number of hydrogen-bond acceptors (Lipinski definition) is 5. The van der Waals surface area contributed by atoms with Gasteiger partial charge < -0.3 is 25.5 Å². The summed E-state index contributed by atoms with van der Waals surface area (Å²) in [5, 5.41) is 16.8. The first-order chi connectivity index (χ1) is 18.1. The number of piperazine rings is 1. The van der Waals surface area contributed by atoms with E-state index in [1.54, 1.807) is 14.0 Å². The summed E-state index contributed by atoms with van der Waals surface area (Å²) in [4.78, 5) is 40.6. The average molecular weight is 531 g/mol. The molecule has 3 atom stereocenters. The third-order valence-electron chi connectivity index (χ3n) is 6.78. The molecule has 10 heteroatoms. The first-order valence-corrected chi connectivity index (χ1v) is 12.9. The van der Waals surface area contributed by atoms with Crippen molar-refractivity contribution >= 4 is 17.7 Å². The molecule has 1 aliphatic heterocycles. The Labute approximate surface area is 222 Å². The van der Waals surface area contributed by atoms with E-state index in [0.717, 1.165) is 30.2 Å². The van der Waals surface area contributed by atoms with E-state index < -0.39 is 35.7 Å². The van der Waals surface area contributed by atoms with E-state index in [1.165, 1.54) is 15.4 Å². The Balaban J connectivity index is 1.68. The molecule has 8 nitrogen and oxygen atoms in total. The smallest absolute Gasteiger partial charge is 0.246 e. The van der Waals surface area contributed by atoms with E-state index in [4.69, 9.17) is 0 Å². The molecule has 0 saturated carbocycles. The van der Waals surface area contributed by atoms with Gasteiger partial charge in [0.15, 0.2) is 0 Å². The van der Waals surface area contributed by atoms with Crippen LogP contribution in [0.5, 0.6) is 0 Å². The van der Waals surface area contributed by atoms with Crippen molar-refractivity contribution in [3.05, 3.63) is 70.8 Å². The van der Waals surface area contributed by atoms with Crippen LogP contribution in [0.15, 0.2) is 42.5 Å². The summed E-state index contributed by atoms with van der Waals surface area (Å²) < 4.78 is 27.6. The fourth-order valence-electron chi connectivity index (χ4n) is 4.64. The maximum atomic E-state index is 13.8. The van der Waals surface area contributed by atoms with Gasteiger partial charge in [-0.1, -0.05) is 38.1 Å². The highest BCUT2D eigenvalue weighted by molar-refractivity contribution is 5.96. The second-order valence-corrected chi connectivity index (χ2v) is 9.65. The van der Waals surface area contributed by atoms with Crippen molar-refractivity contribution in [3.8, 4) is 0 Å². The Bertz CT molecular complexity index is 1130. The van der Waals surface area contributed by atoms with Crippen molar-refractivity contribution in [2.75, 3.05) is 26.7 Å². The Hall–Kier alpha value is -3.37. The van der Waals surface area contributed by atoms with Crippen LogP contribution in [0.1, 0.15) is 37.0 Å². The van der Waals surface area contributed by atoms with Crippen LogP contribution in [0.4, 0.5) is 8.78 Å². The highest BCUT2D eigenvalue weighted by atomic mass is 19.1. The Morgan fingerprint density at radius 1 is 1.08 bits per heavy atom. The molecule has 2 aromatic rings. The minimum atomic E-state index is -1.10. The lowest BCUT2D eigenvalue weighted by molar-refractivity contribution is -0.155. The molecular weight excluding hydrogens is 494 g/mol. The molecule has 1 aliphatic rings. The maximum Gasteiger partial charge on any atom is 0.246 e. The second kappa shape index (κ2) is 13.4. The first kappa shape index (κ1) is 29.2. The van der Waals surface area contributed by atoms with Crippen LogP contribution < -0.4 is 10.6 Å². The quantitative estimate of drug-likeness (QED) is 0.389. The van der Waals surface area contributed by atoms with Gasteiger partial charge in [-0.2, -0.15) is 0 Å². The molecule has 3 N–H and O–H groups in total. The number of aliphatic hydroxyl groups excluding tert-OH is 1. The zero-order chi connectivity index (χ0) is 27.8. The van der Waals surface area contributed by atoms with Crippen LogP contribution in [0.25, 0.3) is 0 Å². The fourth-order valence-corrected chi connectivity index (χ4v) is 4.64. The summed E-state index contributed by atoms with van der Waals surface area (Å²) in [5.41, 5.74) is 2.48. The van der Waals surface area contributed by atoms with Gasteiger partial charge in [0, 0.05) is 26.2 Å². The lowest BCUT2D eigenvalue weighted by Gasteiger charge is -2.37. The monoisotopic (exact) mass is 530 g/mol. The number of halogens is 2. The molecule has 0 aliphatic carbocycles. The number of nitrogens with zero attached hydrogens (tertiary/aromatic N) is 2. The summed E-state index contributed by atoms with van der Waals surface area (Å²) in [6.45, 7) is 3.84. The number of likely N-dealkylation sites (N-methyl/N-ethyl adjacent to an activating group) is 1. The van der Waals surface area contributed by atoms with E-state index in [1.807, 2.05) is 18.2 Å². The Morgan fingerprint density at radius 2 is 1.76 bits per heavy atom. The molecule has 0 spiro atoms. The van der Waals surface area contributed by atoms with Gasteiger partial charge in [-0.3, -0.25) is 14.4 Å². The minimum Gasteiger partial charge on any atom is -0.390 e. The van der Waals surface area contributed by atoms with Gasteiger partial charge in [-0.25, -0.2) is 8.78 Å². The standard InChI is InChI=1S/C28H36F2N4O4/c1-4-18-7-6-8-19(9-18)14-31-15-25(35)23(12-20-10-21(29)13-22(30)11-20)32-26(36)16-34-17-27(37)33(3)24(5-2)28(34)38/h6-11,13,23-25,31,35H,4-5,12,14-17H2,1-3H3,(H,32,36)/t23-,24+,25-/m0/s1. The summed E-state index contributed by atoms with van der Waals surface area (Å²) in [6, 6.07) is 9.51. The number of aryl methyl sites for hydroxylation is 1. The zero-order valence-electron chi connectivity index (χ0n) is 22.0. The number of aliphatic hydroxyl groups is 1. The van der Waals surface area contributed by atoms with E-state index in [-0.39, 0.29) is 43.4 Å². The number of rotatable bonds is 12. The summed E-state index contributed by atoms with van der Waals surface area (Å²) >= 11 is 0. The van der Waals surface area contributed by atoms with E-state index in [9.17, 15) is 28.3 Å². The topological polar surface area (TPSA) is 102 Å². The van der Waals surface area contributed by atoms with Crippen LogP contribution >= 0.6 is 0 Å². The SMILES string of the molecule is CCc1cccc(CNC[C@H](O)[C@H](Cc2cc(F)cc(F)c2)NC(=O)CN2CC(=O)N(C)[C@H](CC)C2=O)c1. The number of carbonyl (C=O) groups is 3. The number of nitrogens with one attached hydrogen (secondary N) is 2. The molecule has 0 aromatic heterocycles. The predicted octanol–water partition coefficient (Wildman–Crippen LogP) is 1.78. The van der Waals surface area contributed by atoms with Crippen LogP contribution in [0.2, 0.25) is 0 Å². The van der Waals surface area contributed by atoms with Crippen molar-refractivity contribution in [2.45, 2.75) is 57.8 Å². The summed E-state index contributed by atoms with van der Waals surface area (Å²) in [5.74, 6) is -2.71. The fraction of sp³-hybridized carbons (Fsp3) is 0.464. The zero-order valence-corrected chi connectivity index (χ0v) is 22.0. The second-order valence-electron chi connectivity index (χ2n) is 9.65. The molecule has 1 heterocycles. The molecule has 38 heavy (non-hydrogen) atoms. The van der Waals surface area contributed by atoms with Gasteiger partial charge in [-0.05, 0) is 48.1 Å². The highest BCUT2D eigenvalue weighted by Gasteiger charge is 2.37. The molecule has 0 radical (unpaired) electrons. The van der Waals surface area contributed by atoms with E-state index in [0.29, 0.717) is 13.0 Å². The van der Waals surface area contributed by atoms with Crippen molar-refractivity contribution in [1.29, 1.82) is 0 Å². The van der Waals surface area contributed by atoms with Crippen molar-refractivity contribution in [2.24, 2.45) is 0 Å². The normalized spacial score (nSPS) is 17.5. The average Bonchev–Trinajstić information content (AvgIpc) is 2.86. The largest absolute Gasteiger partial charge is 0.390 e.